The van der Waals surface area contributed by atoms with E-state index in [4.69, 9.17) is 5.73 Å². The fraction of sp³-hybridized carbons (Fsp3) is 0.595. The number of Topliss-reactive ketones (excluding diaryl/α,β-unsaturated/α-hetero) is 4. The molecule has 27 heteroatoms. The lowest BCUT2D eigenvalue weighted by Crippen LogP contribution is -2.61. The third kappa shape index (κ3) is 27.7. The topological polar surface area (TPSA) is 430 Å². The second kappa shape index (κ2) is 40.3. The van der Waals surface area contributed by atoms with Crippen molar-refractivity contribution in [2.24, 2.45) is 28.4 Å². The maximum absolute atomic E-state index is 15.0. The highest BCUT2D eigenvalue weighted by molar-refractivity contribution is 6.41. The van der Waals surface area contributed by atoms with Crippen molar-refractivity contribution in [1.29, 1.82) is 0 Å². The summed E-state index contributed by atoms with van der Waals surface area (Å²) >= 11 is 0. The van der Waals surface area contributed by atoms with E-state index in [1.165, 1.54) is 72.7 Å². The molecule has 0 spiro atoms. The molecule has 4 rings (SSSR count). The summed E-state index contributed by atoms with van der Waals surface area (Å²) in [7, 11) is 0. The van der Waals surface area contributed by atoms with Crippen molar-refractivity contribution in [3.05, 3.63) is 78.0 Å². The number of amides is 9. The number of allylic oxidation sites excluding steroid dienone is 2. The van der Waals surface area contributed by atoms with Gasteiger partial charge in [-0.25, -0.2) is 0 Å². The number of aromatic hydroxyl groups is 1. The van der Waals surface area contributed by atoms with Crippen LogP contribution in [0, 0.1) is 22.7 Å². The molecule has 2 aromatic carbocycles. The van der Waals surface area contributed by atoms with E-state index in [9.17, 15) is 77.3 Å². The van der Waals surface area contributed by atoms with Crippen molar-refractivity contribution in [3.8, 4) is 5.75 Å². The van der Waals surface area contributed by atoms with Crippen LogP contribution < -0.4 is 53.6 Å². The molecule has 0 fully saturated rings. The largest absolute Gasteiger partial charge is 0.508 e. The first-order valence-electron chi connectivity index (χ1n) is 34.7. The maximum Gasteiger partial charge on any atom is 0.303 e. The number of ketones is 4. The Hall–Kier alpha value is -9.14. The summed E-state index contributed by atoms with van der Waals surface area (Å²) in [4.78, 5) is 194. The number of para-hydroxylation sites is 1. The molecule has 9 amide bonds. The van der Waals surface area contributed by atoms with Crippen LogP contribution in [0.5, 0.6) is 5.75 Å². The molecular weight excluding hydrogens is 1300 g/mol. The molecule has 3 aromatic rings. The number of phenolic OH excluding ortho intramolecular Hbond substituents is 1. The molecule has 3 unspecified atom stereocenters. The summed E-state index contributed by atoms with van der Waals surface area (Å²) in [5.41, 5.74) is 3.28. The molecule has 1 aromatic heterocycles. The quantitative estimate of drug-likeness (QED) is 0.0362. The van der Waals surface area contributed by atoms with Gasteiger partial charge in [0.2, 0.25) is 64.7 Å². The fourth-order valence-electron chi connectivity index (χ4n) is 11.7. The van der Waals surface area contributed by atoms with Crippen LogP contribution in [0.1, 0.15) is 198 Å². The van der Waals surface area contributed by atoms with E-state index in [1.807, 2.05) is 50.3 Å². The van der Waals surface area contributed by atoms with E-state index in [1.54, 1.807) is 27.0 Å². The number of nitrogens with two attached hydrogens (primary N) is 1. The first-order chi connectivity index (χ1) is 46.9. The highest BCUT2D eigenvalue weighted by Crippen LogP contribution is 2.31. The van der Waals surface area contributed by atoms with E-state index < -0.39 is 154 Å². The van der Waals surface area contributed by atoms with Gasteiger partial charge in [-0.2, -0.15) is 0 Å². The second-order valence-electron chi connectivity index (χ2n) is 28.4. The number of benzene rings is 2. The van der Waals surface area contributed by atoms with Gasteiger partial charge in [-0.1, -0.05) is 89.9 Å². The van der Waals surface area contributed by atoms with Gasteiger partial charge in [-0.05, 0) is 155 Å². The number of aromatic amines is 1. The van der Waals surface area contributed by atoms with Crippen LogP contribution in [-0.2, 0) is 80.0 Å². The lowest BCUT2D eigenvalue weighted by Gasteiger charge is -2.33. The second-order valence-corrected chi connectivity index (χ2v) is 28.4. The minimum absolute atomic E-state index is 0. The van der Waals surface area contributed by atoms with E-state index in [-0.39, 0.29) is 89.2 Å². The van der Waals surface area contributed by atoms with Gasteiger partial charge in [0.15, 0.2) is 5.78 Å². The third-order valence-corrected chi connectivity index (χ3v) is 18.2. The summed E-state index contributed by atoms with van der Waals surface area (Å²) in [5.74, 6) is -11.7. The molecule has 27 nitrogen and oxygen atoms in total. The van der Waals surface area contributed by atoms with Crippen LogP contribution in [0.4, 0.5) is 0 Å². The van der Waals surface area contributed by atoms with Crippen LogP contribution in [0.15, 0.2) is 66.9 Å². The summed E-state index contributed by atoms with van der Waals surface area (Å²) < 4.78 is 0. The third-order valence-electron chi connectivity index (χ3n) is 18.2. The summed E-state index contributed by atoms with van der Waals surface area (Å²) in [6, 6.07) is 2.74. The molecule has 1 aliphatic heterocycles. The van der Waals surface area contributed by atoms with Gasteiger partial charge in [0, 0.05) is 61.7 Å². The molecule has 11 atom stereocenters. The minimum atomic E-state index is -1.67. The monoisotopic (exact) mass is 1410 g/mol. The van der Waals surface area contributed by atoms with Gasteiger partial charge < -0.3 is 68.8 Å². The number of fused-ring (bicyclic) bond motifs is 1. The Kier molecular flexibility index (Phi) is 34.4. The summed E-state index contributed by atoms with van der Waals surface area (Å²) in [5, 5.41) is 45.0. The van der Waals surface area contributed by atoms with Gasteiger partial charge in [0.25, 0.3) is 0 Å². The smallest absolute Gasteiger partial charge is 0.303 e. The van der Waals surface area contributed by atoms with Gasteiger partial charge in [0.05, 0.1) is 29.0 Å². The highest BCUT2D eigenvalue weighted by Gasteiger charge is 2.41. The number of rotatable bonds is 26. The van der Waals surface area contributed by atoms with Gasteiger partial charge >= 0.3 is 5.97 Å². The molecule has 0 saturated carbocycles. The molecule has 0 bridgehead atoms. The van der Waals surface area contributed by atoms with E-state index in [0.29, 0.717) is 43.2 Å². The number of nitrogens with one attached hydrogen (secondary N) is 10. The van der Waals surface area contributed by atoms with Crippen molar-refractivity contribution in [2.75, 3.05) is 6.54 Å². The number of hydrogen-bond donors (Lipinski definition) is 13. The lowest BCUT2D eigenvalue weighted by molar-refractivity contribution is -0.140. The molecule has 0 saturated heterocycles. The summed E-state index contributed by atoms with van der Waals surface area (Å²) in [6.07, 6.45) is 8.81. The average Bonchev–Trinajstić information content (AvgIpc) is 1.81. The predicted molar refractivity (Wildman–Crippen MR) is 382 cm³/mol. The van der Waals surface area contributed by atoms with Crippen molar-refractivity contribution in [3.63, 3.8) is 0 Å². The van der Waals surface area contributed by atoms with Crippen molar-refractivity contribution in [1.82, 2.24) is 52.8 Å². The van der Waals surface area contributed by atoms with Gasteiger partial charge in [-0.3, -0.25) is 67.1 Å². The maximum atomic E-state index is 15.0. The van der Waals surface area contributed by atoms with E-state index in [0.717, 1.165) is 23.7 Å². The SMILES string of the molecule is C.CC(=O)C[C@]1(C)CCCCCC/C=C/CCC[C@@](C)(C(=O)NC(C)C(=O)N[C@@H](C)C(=O)NC(C)C(=O)N[C@@H](C)C(=O)C(=O)[C@H](C)NCC(C)(C)C(N)=O)NC(=O)[C@H](CC(C)C)CCC(=O)[C@H](Cc2c[nH]c3ccccc23)NC(=O)C(Cc2ccc(O)cc2)NC(=O)[C@H](CCC(=O)O)NC1=O. The molecule has 0 radical (unpaired) electrons. The number of hydrogen-bond acceptors (Lipinski definition) is 16. The number of primary amides is 1. The zero-order chi connectivity index (χ0) is 74.8. The number of aromatic nitrogens is 1. The molecule has 14 N–H and O–H groups in total. The zero-order valence-electron chi connectivity index (χ0n) is 60.0. The van der Waals surface area contributed by atoms with Gasteiger partial charge in [0.1, 0.15) is 47.3 Å². The Morgan fingerprint density at radius 3 is 1.80 bits per heavy atom. The molecule has 0 aliphatic carbocycles. The first-order valence-corrected chi connectivity index (χ1v) is 34.7. The number of carboxylic acids is 1. The van der Waals surface area contributed by atoms with Crippen LogP contribution in [0.3, 0.4) is 0 Å². The van der Waals surface area contributed by atoms with Crippen LogP contribution >= 0.6 is 0 Å². The molecular formula is C74H111N11O16. The Morgan fingerprint density at radius 1 is 0.653 bits per heavy atom. The van der Waals surface area contributed by atoms with Crippen molar-refractivity contribution < 1.29 is 77.3 Å². The van der Waals surface area contributed by atoms with Crippen molar-refractivity contribution in [2.45, 2.75) is 254 Å². The Bertz CT molecular complexity index is 3440. The normalized spacial score (nSPS) is 22.4. The van der Waals surface area contributed by atoms with Gasteiger partial charge in [-0.15, -0.1) is 0 Å². The summed E-state index contributed by atoms with van der Waals surface area (Å²) in [6.45, 7) is 18.2. The Morgan fingerprint density at radius 2 is 1.21 bits per heavy atom. The Labute approximate surface area is 593 Å². The molecule has 1 aliphatic rings. The van der Waals surface area contributed by atoms with Crippen LogP contribution in [0.2, 0.25) is 0 Å². The fourth-order valence-corrected chi connectivity index (χ4v) is 11.7. The lowest BCUT2D eigenvalue weighted by atomic mass is 9.79. The predicted octanol–water partition coefficient (Wildman–Crippen LogP) is 5.21. The van der Waals surface area contributed by atoms with Crippen LogP contribution in [-0.4, -0.2) is 158 Å². The zero-order valence-corrected chi connectivity index (χ0v) is 60.0. The minimum Gasteiger partial charge on any atom is -0.508 e. The highest BCUT2D eigenvalue weighted by atomic mass is 16.4. The average molecular weight is 1410 g/mol. The number of carboxylic acid groups (broad SMARTS) is 1. The number of aliphatic carboxylic acids is 1. The number of carbonyl (C=O) groups excluding carboxylic acids is 13. The Balaban J connectivity index is 0.0000265. The van der Waals surface area contributed by atoms with Crippen LogP contribution in [0.25, 0.3) is 10.9 Å². The molecule has 2 heterocycles. The molecule has 101 heavy (non-hydrogen) atoms. The molecule has 558 valence electrons. The first kappa shape index (κ1) is 86.1. The number of H-pyrrole nitrogens is 1. The van der Waals surface area contributed by atoms with E-state index >= 15 is 0 Å². The number of phenols is 1. The standard InChI is InChI=1S/C73H107N11O16.CH4/c1-42(2)36-50-28-32-58(87)56(38-51-40-75-54-25-21-20-24-53(51)54)81-67(97)57(37-49-26-29-52(86)30-27-49)82-66(96)55(31-33-59(88)89)83-69(99)72(11,39-43(3)85)34-22-18-16-14-13-15-17-19-23-35-73(12,84-65(50)95)70(100)80-48(8)64(94)79-47(7)63(93)78-46(6)62(92)77-45(5)61(91)60(90)44(4)76-41-71(9,10)68(74)98;/h15,17,20-21,24-27,29-30,40,42,44-48,50,55-57,75-76,86H,13-14,16,18-19,22-23,28,31-39,41H2,1-12H3,(H2,74,98)(H,77,92)(H,78,93)(H,79,94)(H,80,100)(H,81,97)(H,82,96)(H,83,99)(H,84,95)(H,88,89);1H4/b17-15+;/t44-,45-,46?,47-,48?,50-,55-,56-,57?,72-,73-;/m0./s1. The van der Waals surface area contributed by atoms with Crippen molar-refractivity contribution >= 4 is 93.2 Å². The van der Waals surface area contributed by atoms with E-state index in [2.05, 4.69) is 52.8 Å². The number of carbonyl (C=O) groups is 14.